The Morgan fingerprint density at radius 3 is 1.77 bits per heavy atom. The molecule has 8 heteroatoms. The Morgan fingerprint density at radius 1 is 0.923 bits per heavy atom. The van der Waals surface area contributed by atoms with Crippen molar-refractivity contribution in [2.45, 2.75) is 12.4 Å². The van der Waals surface area contributed by atoms with Gasteiger partial charge in [-0.05, 0) is 0 Å². The van der Waals surface area contributed by atoms with Crippen molar-refractivity contribution in [2.75, 3.05) is 5.75 Å². The molecular formula is C5H2F6S2. The number of alkyl halides is 6. The van der Waals surface area contributed by atoms with Gasteiger partial charge >= 0.3 is 12.4 Å². The molecular weight excluding hydrogens is 238 g/mol. The molecule has 0 spiro atoms. The first-order valence-corrected chi connectivity index (χ1v) is 5.22. The molecule has 0 aromatic carbocycles. The average Bonchev–Trinajstić information content (AvgIpc) is 2.27. The Labute approximate surface area is 77.1 Å². The van der Waals surface area contributed by atoms with Crippen molar-refractivity contribution in [3.63, 3.8) is 0 Å². The monoisotopic (exact) mass is 240 g/mol. The quantitative estimate of drug-likeness (QED) is 0.467. The van der Waals surface area contributed by atoms with Gasteiger partial charge in [-0.3, -0.25) is 0 Å². The van der Waals surface area contributed by atoms with Crippen LogP contribution in [0.1, 0.15) is 0 Å². The van der Waals surface area contributed by atoms with E-state index in [1.165, 1.54) is 0 Å². The third kappa shape index (κ3) is 2.49. The van der Waals surface area contributed by atoms with Crippen LogP contribution in [-0.2, 0) is 0 Å². The van der Waals surface area contributed by atoms with Crippen LogP contribution in [-0.4, -0.2) is 18.1 Å². The molecule has 0 aromatic rings. The lowest BCUT2D eigenvalue weighted by Crippen LogP contribution is -2.19. The fraction of sp³-hybridized carbons (Fsp3) is 0.600. The van der Waals surface area contributed by atoms with Gasteiger partial charge in [-0.25, -0.2) is 0 Å². The molecule has 0 aliphatic carbocycles. The number of hydrogen-bond acceptors (Lipinski definition) is 2. The SMILES string of the molecule is FC(F)(F)C1=C(C(F)(F)F)SSC1. The molecule has 0 saturated carbocycles. The minimum Gasteiger partial charge on any atom is -0.166 e. The van der Waals surface area contributed by atoms with Crippen LogP contribution in [0.3, 0.4) is 0 Å². The van der Waals surface area contributed by atoms with Gasteiger partial charge in [0.05, 0.1) is 5.57 Å². The van der Waals surface area contributed by atoms with E-state index in [0.29, 0.717) is 10.8 Å². The van der Waals surface area contributed by atoms with E-state index in [-0.39, 0.29) is 10.8 Å². The smallest absolute Gasteiger partial charge is 0.166 e. The maximum atomic E-state index is 12.0. The molecule has 0 N–H and O–H groups in total. The van der Waals surface area contributed by atoms with E-state index in [4.69, 9.17) is 0 Å². The molecule has 1 aliphatic heterocycles. The lowest BCUT2D eigenvalue weighted by atomic mass is 10.2. The lowest BCUT2D eigenvalue weighted by Gasteiger charge is -2.11. The van der Waals surface area contributed by atoms with Crippen LogP contribution < -0.4 is 0 Å². The largest absolute Gasteiger partial charge is 0.423 e. The van der Waals surface area contributed by atoms with Crippen molar-refractivity contribution in [3.05, 3.63) is 10.5 Å². The van der Waals surface area contributed by atoms with Crippen molar-refractivity contribution < 1.29 is 26.3 Å². The van der Waals surface area contributed by atoms with Crippen molar-refractivity contribution in [1.29, 1.82) is 0 Å². The highest BCUT2D eigenvalue weighted by atomic mass is 33.1. The molecule has 13 heavy (non-hydrogen) atoms. The molecule has 0 nitrogen and oxygen atoms in total. The van der Waals surface area contributed by atoms with Crippen LogP contribution in [0.5, 0.6) is 0 Å². The van der Waals surface area contributed by atoms with E-state index in [2.05, 4.69) is 0 Å². The van der Waals surface area contributed by atoms with Gasteiger partial charge in [0.15, 0.2) is 0 Å². The fourth-order valence-electron chi connectivity index (χ4n) is 0.692. The highest BCUT2D eigenvalue weighted by Crippen LogP contribution is 2.53. The van der Waals surface area contributed by atoms with Gasteiger partial charge in [-0.2, -0.15) is 26.3 Å². The Kier molecular flexibility index (Phi) is 2.82. The molecule has 1 rings (SSSR count). The van der Waals surface area contributed by atoms with Gasteiger partial charge in [0.2, 0.25) is 0 Å². The maximum Gasteiger partial charge on any atom is 0.423 e. The first-order valence-electron chi connectivity index (χ1n) is 2.90. The summed E-state index contributed by atoms with van der Waals surface area (Å²) in [7, 11) is 0.682. The van der Waals surface area contributed by atoms with Crippen molar-refractivity contribution >= 4 is 21.6 Å². The van der Waals surface area contributed by atoms with E-state index >= 15 is 0 Å². The molecule has 1 heterocycles. The summed E-state index contributed by atoms with van der Waals surface area (Å²) < 4.78 is 71.7. The summed E-state index contributed by atoms with van der Waals surface area (Å²) >= 11 is 0. The summed E-state index contributed by atoms with van der Waals surface area (Å²) in [5.74, 6) is -0.636. The van der Waals surface area contributed by atoms with Crippen LogP contribution in [0, 0.1) is 0 Å². The van der Waals surface area contributed by atoms with Gasteiger partial charge in [-0.15, -0.1) is 0 Å². The zero-order valence-corrected chi connectivity index (χ0v) is 7.42. The second kappa shape index (κ2) is 3.30. The zero-order chi connectivity index (χ0) is 10.3. The fourth-order valence-corrected chi connectivity index (χ4v) is 3.24. The molecule has 0 fully saturated rings. The molecule has 0 atom stereocenters. The van der Waals surface area contributed by atoms with Gasteiger partial charge in [-0.1, -0.05) is 21.6 Å². The van der Waals surface area contributed by atoms with E-state index in [0.717, 1.165) is 0 Å². The first kappa shape index (κ1) is 11.1. The lowest BCUT2D eigenvalue weighted by molar-refractivity contribution is -0.108. The highest BCUT2D eigenvalue weighted by molar-refractivity contribution is 8.78. The minimum atomic E-state index is -4.89. The van der Waals surface area contributed by atoms with Crippen molar-refractivity contribution in [2.24, 2.45) is 0 Å². The van der Waals surface area contributed by atoms with Crippen LogP contribution in [0.25, 0.3) is 0 Å². The molecule has 76 valence electrons. The maximum absolute atomic E-state index is 12.0. The topological polar surface area (TPSA) is 0 Å². The summed E-state index contributed by atoms with van der Waals surface area (Å²) in [5.41, 5.74) is -1.48. The van der Waals surface area contributed by atoms with E-state index in [1.54, 1.807) is 0 Å². The molecule has 0 radical (unpaired) electrons. The number of allylic oxidation sites excluding steroid dienone is 1. The third-order valence-corrected chi connectivity index (χ3v) is 3.60. The molecule has 1 aliphatic rings. The predicted molar refractivity (Wildman–Crippen MR) is 39.2 cm³/mol. The average molecular weight is 240 g/mol. The molecule has 0 bridgehead atoms. The van der Waals surface area contributed by atoms with Crippen molar-refractivity contribution in [1.82, 2.24) is 0 Å². The Bertz CT molecular complexity index is 212. The second-order valence-corrected chi connectivity index (χ2v) is 4.46. The van der Waals surface area contributed by atoms with Gasteiger partial charge < -0.3 is 0 Å². The second-order valence-electron chi connectivity index (χ2n) is 2.15. The normalized spacial score (nSPS) is 19.8. The van der Waals surface area contributed by atoms with E-state index in [9.17, 15) is 26.3 Å². The third-order valence-electron chi connectivity index (χ3n) is 1.22. The standard InChI is InChI=1S/C5H2F6S2/c6-4(7,8)2-1-12-13-3(2)5(9,10)11/h1H2. The minimum absolute atomic E-state index is 0.136. The summed E-state index contributed by atoms with van der Waals surface area (Å²) in [4.78, 5) is -1.52. The summed E-state index contributed by atoms with van der Waals surface area (Å²) in [6, 6.07) is 0. The summed E-state index contributed by atoms with van der Waals surface area (Å²) in [6.45, 7) is 0. The Hall–Kier alpha value is 0.0200. The van der Waals surface area contributed by atoms with Gasteiger partial charge in [0.25, 0.3) is 0 Å². The van der Waals surface area contributed by atoms with Crippen LogP contribution >= 0.6 is 21.6 Å². The molecule has 0 unspecified atom stereocenters. The number of rotatable bonds is 0. The Balaban J connectivity index is 3.04. The van der Waals surface area contributed by atoms with Crippen LogP contribution in [0.2, 0.25) is 0 Å². The number of halogens is 6. The van der Waals surface area contributed by atoms with Gasteiger partial charge in [0, 0.05) is 5.75 Å². The van der Waals surface area contributed by atoms with Gasteiger partial charge in [0.1, 0.15) is 4.91 Å². The van der Waals surface area contributed by atoms with Crippen LogP contribution in [0.4, 0.5) is 26.3 Å². The molecule has 0 aromatic heterocycles. The van der Waals surface area contributed by atoms with Crippen LogP contribution in [0.15, 0.2) is 10.5 Å². The summed E-state index contributed by atoms with van der Waals surface area (Å²) in [5, 5.41) is 0. The molecule has 0 saturated heterocycles. The molecule has 0 amide bonds. The summed E-state index contributed by atoms with van der Waals surface area (Å²) in [6.07, 6.45) is -9.76. The van der Waals surface area contributed by atoms with E-state index < -0.39 is 28.6 Å². The zero-order valence-electron chi connectivity index (χ0n) is 5.79. The Morgan fingerprint density at radius 2 is 1.46 bits per heavy atom. The van der Waals surface area contributed by atoms with Crippen molar-refractivity contribution in [3.8, 4) is 0 Å². The highest BCUT2D eigenvalue weighted by Gasteiger charge is 2.48. The first-order chi connectivity index (χ1) is 5.73. The van der Waals surface area contributed by atoms with E-state index in [1.807, 2.05) is 0 Å². The predicted octanol–water partition coefficient (Wildman–Crippen LogP) is 3.76. The number of hydrogen-bond donors (Lipinski definition) is 0.